The molecule has 0 radical (unpaired) electrons. The number of nitrogens with zero attached hydrogens (tertiary/aromatic N) is 2. The average Bonchev–Trinajstić information content (AvgIpc) is 2.37. The fraction of sp³-hybridized carbons (Fsp3) is 0.500. The predicted octanol–water partition coefficient (Wildman–Crippen LogP) is 2.19. The molecule has 0 unspecified atom stereocenters. The number of aromatic nitrogens is 2. The van der Waals surface area contributed by atoms with E-state index in [9.17, 15) is 0 Å². The summed E-state index contributed by atoms with van der Waals surface area (Å²) in [5, 5.41) is 0. The first-order valence-corrected chi connectivity index (χ1v) is 4.85. The van der Waals surface area contributed by atoms with Crippen LogP contribution < -0.4 is 4.74 Å². The van der Waals surface area contributed by atoms with E-state index in [4.69, 9.17) is 4.74 Å². The van der Waals surface area contributed by atoms with Gasteiger partial charge in [-0.05, 0) is 38.8 Å². The quantitative estimate of drug-likeness (QED) is 0.729. The van der Waals surface area contributed by atoms with Gasteiger partial charge >= 0.3 is 0 Å². The molecule has 0 aromatic carbocycles. The van der Waals surface area contributed by atoms with E-state index in [0.717, 1.165) is 15.8 Å². The van der Waals surface area contributed by atoms with Crippen molar-refractivity contribution in [1.82, 2.24) is 9.55 Å². The van der Waals surface area contributed by atoms with E-state index in [0.29, 0.717) is 6.01 Å². The SMILES string of the molecule is C[C@@H]1Cn2c(nc(Br)c2Br)O1. The van der Waals surface area contributed by atoms with Crippen molar-refractivity contribution in [2.24, 2.45) is 0 Å². The molecule has 2 heterocycles. The molecule has 5 heteroatoms. The third-order valence-corrected chi connectivity index (χ3v) is 3.47. The van der Waals surface area contributed by atoms with Crippen LogP contribution in [0.1, 0.15) is 6.92 Å². The Labute approximate surface area is 81.0 Å². The monoisotopic (exact) mass is 280 g/mol. The Kier molecular flexibility index (Phi) is 1.72. The lowest BCUT2D eigenvalue weighted by Crippen LogP contribution is -2.08. The molecule has 11 heavy (non-hydrogen) atoms. The molecule has 0 aliphatic carbocycles. The van der Waals surface area contributed by atoms with Crippen LogP contribution in [0, 0.1) is 0 Å². The summed E-state index contributed by atoms with van der Waals surface area (Å²) in [6.07, 6.45) is 0.238. The first-order chi connectivity index (χ1) is 5.18. The molecule has 60 valence electrons. The first kappa shape index (κ1) is 7.61. The molecular weight excluding hydrogens is 276 g/mol. The van der Waals surface area contributed by atoms with E-state index in [1.807, 2.05) is 11.5 Å². The molecule has 0 saturated carbocycles. The van der Waals surface area contributed by atoms with Crippen LogP contribution in [0.25, 0.3) is 0 Å². The Morgan fingerprint density at radius 2 is 2.36 bits per heavy atom. The molecule has 0 N–H and O–H groups in total. The standard InChI is InChI=1S/C6H6Br2N2O/c1-3-2-10-5(8)4(7)9-6(10)11-3/h3H,2H2,1H3/t3-/m1/s1. The minimum absolute atomic E-state index is 0.238. The van der Waals surface area contributed by atoms with Crippen molar-refractivity contribution in [1.29, 1.82) is 0 Å². The van der Waals surface area contributed by atoms with Crippen molar-refractivity contribution < 1.29 is 4.74 Å². The largest absolute Gasteiger partial charge is 0.460 e. The predicted molar refractivity (Wildman–Crippen MR) is 47.7 cm³/mol. The molecule has 0 fully saturated rings. The zero-order chi connectivity index (χ0) is 8.01. The lowest BCUT2D eigenvalue weighted by Gasteiger charge is -1.98. The molecule has 0 bridgehead atoms. The van der Waals surface area contributed by atoms with E-state index in [2.05, 4.69) is 36.8 Å². The molecule has 3 nitrogen and oxygen atoms in total. The van der Waals surface area contributed by atoms with Crippen LogP contribution in [0.3, 0.4) is 0 Å². The van der Waals surface area contributed by atoms with Crippen molar-refractivity contribution in [2.75, 3.05) is 0 Å². The minimum atomic E-state index is 0.238. The van der Waals surface area contributed by atoms with E-state index in [-0.39, 0.29) is 6.10 Å². The maximum Gasteiger partial charge on any atom is 0.298 e. The number of hydrogen-bond donors (Lipinski definition) is 0. The lowest BCUT2D eigenvalue weighted by atomic mass is 10.4. The van der Waals surface area contributed by atoms with Crippen LogP contribution in [0.4, 0.5) is 0 Å². The molecule has 1 aliphatic rings. The first-order valence-electron chi connectivity index (χ1n) is 3.26. The van der Waals surface area contributed by atoms with E-state index >= 15 is 0 Å². The highest BCUT2D eigenvalue weighted by atomic mass is 79.9. The minimum Gasteiger partial charge on any atom is -0.460 e. The summed E-state index contributed by atoms with van der Waals surface area (Å²) in [7, 11) is 0. The number of imidazole rings is 1. The topological polar surface area (TPSA) is 27.1 Å². The van der Waals surface area contributed by atoms with E-state index in [1.165, 1.54) is 0 Å². The van der Waals surface area contributed by atoms with Gasteiger partial charge in [-0.15, -0.1) is 0 Å². The second-order valence-corrected chi connectivity index (χ2v) is 4.02. The number of rotatable bonds is 0. The molecule has 0 amide bonds. The van der Waals surface area contributed by atoms with Crippen LogP contribution in [0.2, 0.25) is 0 Å². The van der Waals surface area contributed by atoms with Gasteiger partial charge in [-0.3, -0.25) is 4.57 Å². The highest BCUT2D eigenvalue weighted by molar-refractivity contribution is 9.13. The second-order valence-electron chi connectivity index (χ2n) is 2.52. The summed E-state index contributed by atoms with van der Waals surface area (Å²) in [5.41, 5.74) is 0. The van der Waals surface area contributed by atoms with Crippen LogP contribution in [-0.4, -0.2) is 15.7 Å². The summed E-state index contributed by atoms with van der Waals surface area (Å²) in [5.74, 6) is 0. The average molecular weight is 282 g/mol. The maximum absolute atomic E-state index is 5.40. The number of hydrogen-bond acceptors (Lipinski definition) is 2. The highest BCUT2D eigenvalue weighted by Gasteiger charge is 2.24. The van der Waals surface area contributed by atoms with Crippen molar-refractivity contribution in [3.8, 4) is 6.01 Å². The number of fused-ring (bicyclic) bond motifs is 1. The van der Waals surface area contributed by atoms with Crippen molar-refractivity contribution in [3.63, 3.8) is 0 Å². The normalized spacial score (nSPS) is 21.5. The van der Waals surface area contributed by atoms with Crippen molar-refractivity contribution in [3.05, 3.63) is 9.21 Å². The van der Waals surface area contributed by atoms with Gasteiger partial charge in [-0.25, -0.2) is 0 Å². The molecule has 1 atom stereocenters. The summed E-state index contributed by atoms with van der Waals surface area (Å²) in [6, 6.07) is 0.691. The van der Waals surface area contributed by atoms with Gasteiger partial charge in [0, 0.05) is 0 Å². The Morgan fingerprint density at radius 1 is 1.64 bits per heavy atom. The third kappa shape index (κ3) is 1.10. The van der Waals surface area contributed by atoms with Crippen LogP contribution in [0.5, 0.6) is 6.01 Å². The second kappa shape index (κ2) is 2.48. The Hall–Kier alpha value is -0.0300. The van der Waals surface area contributed by atoms with Gasteiger partial charge in [0.15, 0.2) is 0 Å². The zero-order valence-corrected chi connectivity index (χ0v) is 9.02. The van der Waals surface area contributed by atoms with E-state index < -0.39 is 0 Å². The van der Waals surface area contributed by atoms with Gasteiger partial charge in [0.25, 0.3) is 6.01 Å². The highest BCUT2D eigenvalue weighted by Crippen LogP contribution is 2.32. The van der Waals surface area contributed by atoms with Gasteiger partial charge in [0.1, 0.15) is 15.3 Å². The Balaban J connectivity index is 2.48. The molecule has 0 saturated heterocycles. The Morgan fingerprint density at radius 3 is 3.00 bits per heavy atom. The fourth-order valence-corrected chi connectivity index (χ4v) is 1.86. The number of ether oxygens (including phenoxy) is 1. The summed E-state index contributed by atoms with van der Waals surface area (Å²) in [6.45, 7) is 2.89. The maximum atomic E-state index is 5.40. The summed E-state index contributed by atoms with van der Waals surface area (Å²) in [4.78, 5) is 4.15. The van der Waals surface area contributed by atoms with Gasteiger partial charge in [-0.1, -0.05) is 0 Å². The van der Waals surface area contributed by atoms with Crippen molar-refractivity contribution >= 4 is 31.9 Å². The molecule has 1 aromatic heterocycles. The third-order valence-electron chi connectivity index (χ3n) is 1.58. The molecule has 1 aliphatic heterocycles. The zero-order valence-electron chi connectivity index (χ0n) is 5.84. The molecule has 1 aromatic rings. The van der Waals surface area contributed by atoms with Gasteiger partial charge < -0.3 is 4.74 Å². The smallest absolute Gasteiger partial charge is 0.298 e. The molecule has 2 rings (SSSR count). The van der Waals surface area contributed by atoms with Gasteiger partial charge in [-0.2, -0.15) is 4.98 Å². The van der Waals surface area contributed by atoms with Crippen LogP contribution in [-0.2, 0) is 6.54 Å². The van der Waals surface area contributed by atoms with Gasteiger partial charge in [0.05, 0.1) is 6.54 Å². The molecular formula is C6H6Br2N2O. The lowest BCUT2D eigenvalue weighted by molar-refractivity contribution is 0.245. The van der Waals surface area contributed by atoms with Crippen molar-refractivity contribution in [2.45, 2.75) is 19.6 Å². The molecule has 0 spiro atoms. The van der Waals surface area contributed by atoms with Crippen LogP contribution >= 0.6 is 31.9 Å². The van der Waals surface area contributed by atoms with Gasteiger partial charge in [0.2, 0.25) is 0 Å². The summed E-state index contributed by atoms with van der Waals surface area (Å²) < 4.78 is 9.16. The van der Waals surface area contributed by atoms with Crippen LogP contribution in [0.15, 0.2) is 9.21 Å². The van der Waals surface area contributed by atoms with E-state index in [1.54, 1.807) is 0 Å². The fourth-order valence-electron chi connectivity index (χ4n) is 1.11. The Bertz CT molecular complexity index is 297. The summed E-state index contributed by atoms with van der Waals surface area (Å²) >= 11 is 6.70. The number of halogens is 2.